The third kappa shape index (κ3) is 2.45. The first-order chi connectivity index (χ1) is 13.3. The van der Waals surface area contributed by atoms with Crippen molar-refractivity contribution >= 4 is 54.2 Å². The molecule has 6 heteroatoms. The highest BCUT2D eigenvalue weighted by Gasteiger charge is 2.12. The Labute approximate surface area is 161 Å². The topological polar surface area (TPSA) is 51.8 Å². The normalized spacial score (nSPS) is 11.7. The molecule has 0 bridgehead atoms. The molecule has 0 saturated heterocycles. The van der Waals surface area contributed by atoms with E-state index in [4.69, 9.17) is 14.4 Å². The Morgan fingerprint density at radius 3 is 2.63 bits per heavy atom. The second-order valence-electron chi connectivity index (χ2n) is 6.22. The number of thiazole rings is 2. The molecule has 0 aliphatic heterocycles. The van der Waals surface area contributed by atoms with Gasteiger partial charge in [0.15, 0.2) is 5.58 Å². The quantitative estimate of drug-likeness (QED) is 0.347. The van der Waals surface area contributed by atoms with E-state index in [1.807, 2.05) is 54.0 Å². The summed E-state index contributed by atoms with van der Waals surface area (Å²) in [5, 5.41) is 0.994. The smallest absolute Gasteiger partial charge is 0.227 e. The van der Waals surface area contributed by atoms with Gasteiger partial charge in [-0.3, -0.25) is 0 Å². The van der Waals surface area contributed by atoms with Crippen LogP contribution in [0.5, 0.6) is 0 Å². The number of hydrogen-bond donors (Lipinski definition) is 0. The van der Waals surface area contributed by atoms with Gasteiger partial charge in [-0.15, -0.1) is 22.7 Å². The lowest BCUT2D eigenvalue weighted by atomic mass is 10.2. The van der Waals surface area contributed by atoms with Crippen molar-refractivity contribution in [1.29, 1.82) is 0 Å². The summed E-state index contributed by atoms with van der Waals surface area (Å²) in [6.07, 6.45) is 0. The van der Waals surface area contributed by atoms with Crippen LogP contribution in [-0.4, -0.2) is 15.0 Å². The van der Waals surface area contributed by atoms with Crippen LogP contribution in [0.1, 0.15) is 0 Å². The molecular weight excluding hydrogens is 374 g/mol. The van der Waals surface area contributed by atoms with E-state index < -0.39 is 0 Å². The Bertz CT molecular complexity index is 1410. The van der Waals surface area contributed by atoms with Gasteiger partial charge in [-0.2, -0.15) is 0 Å². The monoisotopic (exact) mass is 385 g/mol. The van der Waals surface area contributed by atoms with Gasteiger partial charge in [0.25, 0.3) is 0 Å². The Morgan fingerprint density at radius 1 is 0.741 bits per heavy atom. The van der Waals surface area contributed by atoms with Gasteiger partial charge in [-0.05, 0) is 48.5 Å². The Hall–Kier alpha value is -3.09. The first-order valence-electron chi connectivity index (χ1n) is 8.44. The summed E-state index contributed by atoms with van der Waals surface area (Å²) < 4.78 is 8.30. The fraction of sp³-hybridized carbons (Fsp3) is 0. The SMILES string of the molecule is c1ccc2sc(-c3ccc4oc(-c5ccc6ncsc6c5)nc4c3)nc2c1. The number of benzene rings is 3. The minimum Gasteiger partial charge on any atom is -0.436 e. The predicted octanol–water partition coefficient (Wildman–Crippen LogP) is 6.38. The molecule has 0 fully saturated rings. The van der Waals surface area contributed by atoms with Gasteiger partial charge in [0, 0.05) is 11.1 Å². The number of rotatable bonds is 2. The van der Waals surface area contributed by atoms with Crippen molar-refractivity contribution in [3.05, 3.63) is 66.2 Å². The maximum atomic E-state index is 5.99. The summed E-state index contributed by atoms with van der Waals surface area (Å²) in [5.74, 6) is 0.627. The summed E-state index contributed by atoms with van der Waals surface area (Å²) in [5.41, 5.74) is 7.51. The molecule has 4 nitrogen and oxygen atoms in total. The standard InChI is InChI=1S/C21H11N3OS2/c1-2-4-18-15(3-1)24-21(27-18)13-6-8-17-16(9-13)23-20(25-17)12-5-7-14-19(10-12)26-11-22-14/h1-11H. The zero-order valence-electron chi connectivity index (χ0n) is 13.9. The van der Waals surface area contributed by atoms with Crippen LogP contribution >= 0.6 is 22.7 Å². The van der Waals surface area contributed by atoms with Crippen molar-refractivity contribution in [2.24, 2.45) is 0 Å². The lowest BCUT2D eigenvalue weighted by Gasteiger charge is -1.94. The molecule has 0 aliphatic carbocycles. The maximum Gasteiger partial charge on any atom is 0.227 e. The van der Waals surface area contributed by atoms with E-state index in [0.717, 1.165) is 43.0 Å². The van der Waals surface area contributed by atoms with Gasteiger partial charge in [0.05, 0.1) is 25.9 Å². The lowest BCUT2D eigenvalue weighted by Crippen LogP contribution is -1.78. The molecule has 0 N–H and O–H groups in total. The molecule has 6 aromatic rings. The first-order valence-corrected chi connectivity index (χ1v) is 10.1. The molecule has 0 aliphatic rings. The summed E-state index contributed by atoms with van der Waals surface area (Å²) >= 11 is 3.31. The van der Waals surface area contributed by atoms with E-state index in [0.29, 0.717) is 5.89 Å². The van der Waals surface area contributed by atoms with Crippen LogP contribution in [0, 0.1) is 0 Å². The average molecular weight is 385 g/mol. The van der Waals surface area contributed by atoms with Crippen molar-refractivity contribution in [1.82, 2.24) is 15.0 Å². The minimum atomic E-state index is 0.627. The van der Waals surface area contributed by atoms with Crippen LogP contribution in [0.3, 0.4) is 0 Å². The molecule has 128 valence electrons. The molecule has 0 spiro atoms. The van der Waals surface area contributed by atoms with Crippen LogP contribution in [0.4, 0.5) is 0 Å². The van der Waals surface area contributed by atoms with Crippen LogP contribution < -0.4 is 0 Å². The minimum absolute atomic E-state index is 0.627. The molecule has 3 aromatic carbocycles. The second-order valence-corrected chi connectivity index (χ2v) is 8.14. The maximum absolute atomic E-state index is 5.99. The highest BCUT2D eigenvalue weighted by molar-refractivity contribution is 7.21. The third-order valence-corrected chi connectivity index (χ3v) is 6.38. The van der Waals surface area contributed by atoms with Crippen molar-refractivity contribution < 1.29 is 4.42 Å². The van der Waals surface area contributed by atoms with E-state index in [2.05, 4.69) is 17.1 Å². The van der Waals surface area contributed by atoms with Crippen LogP contribution in [0.25, 0.3) is 53.6 Å². The molecule has 3 aromatic heterocycles. The van der Waals surface area contributed by atoms with Crippen LogP contribution in [0.2, 0.25) is 0 Å². The van der Waals surface area contributed by atoms with Gasteiger partial charge < -0.3 is 4.42 Å². The van der Waals surface area contributed by atoms with Gasteiger partial charge in [0.1, 0.15) is 10.5 Å². The summed E-state index contributed by atoms with van der Waals surface area (Å²) in [7, 11) is 0. The molecule has 0 unspecified atom stereocenters. The molecule has 0 radical (unpaired) electrons. The molecule has 6 rings (SSSR count). The first kappa shape index (κ1) is 15.0. The van der Waals surface area contributed by atoms with E-state index >= 15 is 0 Å². The van der Waals surface area contributed by atoms with E-state index in [-0.39, 0.29) is 0 Å². The zero-order chi connectivity index (χ0) is 17.8. The van der Waals surface area contributed by atoms with Crippen LogP contribution in [-0.2, 0) is 0 Å². The number of fused-ring (bicyclic) bond motifs is 3. The third-order valence-electron chi connectivity index (χ3n) is 4.51. The molecule has 0 atom stereocenters. The average Bonchev–Trinajstić information content (AvgIpc) is 3.42. The molecular formula is C21H11N3OS2. The molecule has 3 heterocycles. The van der Waals surface area contributed by atoms with Crippen LogP contribution in [0.15, 0.2) is 70.6 Å². The second kappa shape index (κ2) is 5.70. The van der Waals surface area contributed by atoms with Crippen molar-refractivity contribution in [2.75, 3.05) is 0 Å². The van der Waals surface area contributed by atoms with E-state index in [1.165, 1.54) is 4.70 Å². The van der Waals surface area contributed by atoms with E-state index in [9.17, 15) is 0 Å². The Morgan fingerprint density at radius 2 is 1.67 bits per heavy atom. The number of nitrogens with zero attached hydrogens (tertiary/aromatic N) is 3. The summed E-state index contributed by atoms with van der Waals surface area (Å²) in [4.78, 5) is 13.8. The highest BCUT2D eigenvalue weighted by atomic mass is 32.1. The molecule has 0 saturated carbocycles. The fourth-order valence-corrected chi connectivity index (χ4v) is 4.85. The van der Waals surface area contributed by atoms with Gasteiger partial charge in [-0.25, -0.2) is 15.0 Å². The Kier molecular flexibility index (Phi) is 3.17. The van der Waals surface area contributed by atoms with Crippen molar-refractivity contribution in [3.8, 4) is 22.0 Å². The summed E-state index contributed by atoms with van der Waals surface area (Å²) in [6, 6.07) is 20.3. The predicted molar refractivity (Wildman–Crippen MR) is 111 cm³/mol. The highest BCUT2D eigenvalue weighted by Crippen LogP contribution is 2.33. The van der Waals surface area contributed by atoms with Crippen molar-refractivity contribution in [3.63, 3.8) is 0 Å². The zero-order valence-corrected chi connectivity index (χ0v) is 15.6. The molecule has 0 amide bonds. The number of oxazole rings is 1. The largest absolute Gasteiger partial charge is 0.436 e. The van der Waals surface area contributed by atoms with Gasteiger partial charge in [-0.1, -0.05) is 12.1 Å². The fourth-order valence-electron chi connectivity index (χ4n) is 3.17. The lowest BCUT2D eigenvalue weighted by molar-refractivity contribution is 0.620. The Balaban J connectivity index is 1.46. The number of aromatic nitrogens is 3. The van der Waals surface area contributed by atoms with E-state index in [1.54, 1.807) is 22.7 Å². The van der Waals surface area contributed by atoms with Gasteiger partial charge >= 0.3 is 0 Å². The van der Waals surface area contributed by atoms with Crippen molar-refractivity contribution in [2.45, 2.75) is 0 Å². The number of para-hydroxylation sites is 1. The summed E-state index contributed by atoms with van der Waals surface area (Å²) in [6.45, 7) is 0. The molecule has 27 heavy (non-hydrogen) atoms. The number of hydrogen-bond acceptors (Lipinski definition) is 6. The van der Waals surface area contributed by atoms with Gasteiger partial charge in [0.2, 0.25) is 5.89 Å².